The van der Waals surface area contributed by atoms with E-state index in [-0.39, 0.29) is 11.5 Å². The van der Waals surface area contributed by atoms with E-state index in [2.05, 4.69) is 12.2 Å². The van der Waals surface area contributed by atoms with Gasteiger partial charge in [-0.05, 0) is 38.4 Å². The Morgan fingerprint density at radius 3 is 2.77 bits per heavy atom. The molecule has 1 N–H and O–H groups in total. The number of hydrogen-bond donors (Lipinski definition) is 1. The van der Waals surface area contributed by atoms with E-state index in [0.29, 0.717) is 28.4 Å². The summed E-state index contributed by atoms with van der Waals surface area (Å²) in [5, 5.41) is 3.93. The number of ether oxygens (including phenoxy) is 1. The van der Waals surface area contributed by atoms with Gasteiger partial charge in [-0.2, -0.15) is 0 Å². The zero-order chi connectivity index (χ0) is 17.9. The van der Waals surface area contributed by atoms with E-state index in [4.69, 9.17) is 9.15 Å². The molecule has 1 aliphatic rings. The normalized spacial score (nSPS) is 18.6. The van der Waals surface area contributed by atoms with E-state index in [1.807, 2.05) is 48.5 Å². The molecule has 4 rings (SSSR count). The van der Waals surface area contributed by atoms with Gasteiger partial charge in [-0.25, -0.2) is 0 Å². The minimum Gasteiger partial charge on any atom is -0.489 e. The lowest BCUT2D eigenvalue weighted by Crippen LogP contribution is -2.38. The van der Waals surface area contributed by atoms with Gasteiger partial charge in [0.05, 0.1) is 6.10 Å². The van der Waals surface area contributed by atoms with Crippen LogP contribution in [0.5, 0.6) is 5.75 Å². The molecule has 2 aromatic carbocycles. The van der Waals surface area contributed by atoms with Crippen LogP contribution < -0.4 is 15.5 Å². The molecule has 0 spiro atoms. The number of fused-ring (bicyclic) bond motifs is 1. The molecule has 2 heterocycles. The van der Waals surface area contributed by atoms with E-state index >= 15 is 0 Å². The van der Waals surface area contributed by atoms with Gasteiger partial charge in [0.25, 0.3) is 0 Å². The summed E-state index contributed by atoms with van der Waals surface area (Å²) in [6.07, 6.45) is 2.35. The van der Waals surface area contributed by atoms with Gasteiger partial charge in [-0.3, -0.25) is 4.79 Å². The molecule has 1 aliphatic heterocycles. The van der Waals surface area contributed by atoms with Crippen LogP contribution in [0.4, 0.5) is 0 Å². The second kappa shape index (κ2) is 7.34. The minimum atomic E-state index is -0.0744. The Morgan fingerprint density at radius 2 is 2.00 bits per heavy atom. The molecular weight excluding hydrogens is 326 g/mol. The van der Waals surface area contributed by atoms with Crippen LogP contribution in [0.25, 0.3) is 22.3 Å². The maximum Gasteiger partial charge on any atom is 0.197 e. The molecule has 2 atom stereocenters. The highest BCUT2D eigenvalue weighted by atomic mass is 16.5. The first kappa shape index (κ1) is 16.9. The third kappa shape index (κ3) is 3.37. The molecule has 0 amide bonds. The summed E-state index contributed by atoms with van der Waals surface area (Å²) in [7, 11) is 0. The number of hydrogen-bond acceptors (Lipinski definition) is 4. The highest BCUT2D eigenvalue weighted by Crippen LogP contribution is 2.29. The second-order valence-corrected chi connectivity index (χ2v) is 6.90. The van der Waals surface area contributed by atoms with Crippen molar-refractivity contribution in [1.29, 1.82) is 0 Å². The Labute approximate surface area is 152 Å². The zero-order valence-electron chi connectivity index (χ0n) is 14.9. The Morgan fingerprint density at radius 1 is 1.15 bits per heavy atom. The van der Waals surface area contributed by atoms with Crippen LogP contribution >= 0.6 is 0 Å². The Kier molecular flexibility index (Phi) is 4.76. The summed E-state index contributed by atoms with van der Waals surface area (Å²) in [4.78, 5) is 12.8. The van der Waals surface area contributed by atoms with E-state index in [9.17, 15) is 4.79 Å². The first-order valence-corrected chi connectivity index (χ1v) is 9.22. The highest BCUT2D eigenvalue weighted by molar-refractivity contribution is 5.84. The summed E-state index contributed by atoms with van der Waals surface area (Å²) in [5.74, 6) is 1.63. The average Bonchev–Trinajstić information content (AvgIpc) is 2.69. The smallest absolute Gasteiger partial charge is 0.197 e. The standard InChI is InChI=1S/C22H23NO3/c1-15(17-9-6-12-23-14-17)25-19-10-5-11-20-22(19)18(24)13-21(26-20)16-7-3-2-4-8-16/h2-5,7-8,10-11,13,15,17,23H,6,9,12,14H2,1H3. The molecule has 4 heteroatoms. The van der Waals surface area contributed by atoms with Crippen LogP contribution in [-0.4, -0.2) is 19.2 Å². The van der Waals surface area contributed by atoms with Gasteiger partial charge >= 0.3 is 0 Å². The molecule has 1 aromatic heterocycles. The lowest BCUT2D eigenvalue weighted by Gasteiger charge is -2.29. The fourth-order valence-corrected chi connectivity index (χ4v) is 3.60. The predicted molar refractivity (Wildman–Crippen MR) is 104 cm³/mol. The maximum atomic E-state index is 12.8. The van der Waals surface area contributed by atoms with Crippen LogP contribution in [0.2, 0.25) is 0 Å². The first-order valence-electron chi connectivity index (χ1n) is 9.22. The molecule has 26 heavy (non-hydrogen) atoms. The quantitative estimate of drug-likeness (QED) is 0.766. The zero-order valence-corrected chi connectivity index (χ0v) is 14.9. The van der Waals surface area contributed by atoms with Crippen molar-refractivity contribution in [3.05, 3.63) is 64.8 Å². The molecule has 0 saturated carbocycles. The van der Waals surface area contributed by atoms with Gasteiger partial charge < -0.3 is 14.5 Å². The molecule has 2 unspecified atom stereocenters. The van der Waals surface area contributed by atoms with E-state index < -0.39 is 0 Å². The van der Waals surface area contributed by atoms with Gasteiger partial charge in [0.15, 0.2) is 5.43 Å². The summed E-state index contributed by atoms with van der Waals surface area (Å²) < 4.78 is 12.2. The Bertz CT molecular complexity index is 943. The lowest BCUT2D eigenvalue weighted by molar-refractivity contribution is 0.133. The van der Waals surface area contributed by atoms with Crippen molar-refractivity contribution in [1.82, 2.24) is 5.32 Å². The summed E-state index contributed by atoms with van der Waals surface area (Å²) in [6.45, 7) is 4.11. The van der Waals surface area contributed by atoms with Crippen molar-refractivity contribution in [3.63, 3.8) is 0 Å². The monoisotopic (exact) mass is 349 g/mol. The van der Waals surface area contributed by atoms with Crippen molar-refractivity contribution in [2.45, 2.75) is 25.9 Å². The third-order valence-electron chi connectivity index (χ3n) is 5.09. The fourth-order valence-electron chi connectivity index (χ4n) is 3.60. The van der Waals surface area contributed by atoms with Crippen LogP contribution in [-0.2, 0) is 0 Å². The van der Waals surface area contributed by atoms with Crippen molar-refractivity contribution in [2.24, 2.45) is 5.92 Å². The Hall–Kier alpha value is -2.59. The Balaban J connectivity index is 1.69. The average molecular weight is 349 g/mol. The SMILES string of the molecule is CC(Oc1cccc2oc(-c3ccccc3)cc(=O)c12)C1CCCNC1. The summed E-state index contributed by atoms with van der Waals surface area (Å²) in [5.41, 5.74) is 1.37. The first-order chi connectivity index (χ1) is 12.7. The molecule has 3 aromatic rings. The van der Waals surface area contributed by atoms with Gasteiger partial charge in [0.1, 0.15) is 22.5 Å². The number of piperidine rings is 1. The molecular formula is C22H23NO3. The van der Waals surface area contributed by atoms with Gasteiger partial charge in [0.2, 0.25) is 0 Å². The van der Waals surface area contributed by atoms with Gasteiger partial charge in [-0.15, -0.1) is 0 Å². The molecule has 4 nitrogen and oxygen atoms in total. The van der Waals surface area contributed by atoms with Crippen LogP contribution in [0.1, 0.15) is 19.8 Å². The third-order valence-corrected chi connectivity index (χ3v) is 5.09. The van der Waals surface area contributed by atoms with Crippen molar-refractivity contribution in [3.8, 4) is 17.1 Å². The number of rotatable bonds is 4. The van der Waals surface area contributed by atoms with E-state index in [1.165, 1.54) is 0 Å². The fraction of sp³-hybridized carbons (Fsp3) is 0.318. The number of benzene rings is 2. The maximum absolute atomic E-state index is 12.8. The number of nitrogens with one attached hydrogen (secondary N) is 1. The minimum absolute atomic E-state index is 0.0431. The topological polar surface area (TPSA) is 51.5 Å². The van der Waals surface area contributed by atoms with Crippen molar-refractivity contribution >= 4 is 11.0 Å². The van der Waals surface area contributed by atoms with Gasteiger partial charge in [0, 0.05) is 24.1 Å². The molecule has 1 fully saturated rings. The van der Waals surface area contributed by atoms with Crippen LogP contribution in [0.3, 0.4) is 0 Å². The van der Waals surface area contributed by atoms with Crippen molar-refractivity contribution < 1.29 is 9.15 Å². The molecule has 0 bridgehead atoms. The van der Waals surface area contributed by atoms with Crippen LogP contribution in [0, 0.1) is 5.92 Å². The lowest BCUT2D eigenvalue weighted by atomic mass is 9.94. The summed E-state index contributed by atoms with van der Waals surface area (Å²) >= 11 is 0. The van der Waals surface area contributed by atoms with Gasteiger partial charge in [-0.1, -0.05) is 36.4 Å². The van der Waals surface area contributed by atoms with E-state index in [0.717, 1.165) is 31.5 Å². The van der Waals surface area contributed by atoms with Crippen LogP contribution in [0.15, 0.2) is 63.8 Å². The molecule has 134 valence electrons. The van der Waals surface area contributed by atoms with Crippen molar-refractivity contribution in [2.75, 3.05) is 13.1 Å². The largest absolute Gasteiger partial charge is 0.489 e. The highest BCUT2D eigenvalue weighted by Gasteiger charge is 2.22. The molecule has 1 saturated heterocycles. The van der Waals surface area contributed by atoms with E-state index in [1.54, 1.807) is 6.07 Å². The predicted octanol–water partition coefficient (Wildman–Crippen LogP) is 4.23. The molecule has 0 aliphatic carbocycles. The summed E-state index contributed by atoms with van der Waals surface area (Å²) in [6, 6.07) is 16.8. The second-order valence-electron chi connectivity index (χ2n) is 6.90. The molecule has 0 radical (unpaired) electrons.